The monoisotopic (exact) mass is 280 g/mol. The van der Waals surface area contributed by atoms with E-state index in [2.05, 4.69) is 32.0 Å². The van der Waals surface area contributed by atoms with Gasteiger partial charge in [0.1, 0.15) is 11.2 Å². The topological polar surface area (TPSA) is 31.6 Å². The molecule has 1 aliphatic heterocycles. The molecule has 21 heavy (non-hydrogen) atoms. The van der Waals surface area contributed by atoms with E-state index in [1.807, 2.05) is 24.3 Å². The molecule has 4 heteroatoms. The Morgan fingerprint density at radius 3 is 2.43 bits per heavy atom. The third kappa shape index (κ3) is 2.25. The summed E-state index contributed by atoms with van der Waals surface area (Å²) in [4.78, 5) is 0. The number of hydrogen-bond donors (Lipinski definition) is 0. The average Bonchev–Trinajstić information content (AvgIpc) is 2.84. The molecule has 1 saturated heterocycles. The molecule has 0 radical (unpaired) electrons. The minimum atomic E-state index is -0.296. The summed E-state index contributed by atoms with van der Waals surface area (Å²) in [5.74, 6) is 0. The van der Waals surface area contributed by atoms with E-state index in [9.17, 15) is 0 Å². The van der Waals surface area contributed by atoms with E-state index in [1.54, 1.807) is 0 Å². The van der Waals surface area contributed by atoms with Crippen LogP contribution in [0.1, 0.15) is 13.8 Å². The largest absolute Gasteiger partial charge is 0.494 e. The summed E-state index contributed by atoms with van der Waals surface area (Å²) in [6.07, 6.45) is 0. The second-order valence-electron chi connectivity index (χ2n) is 6.47. The Hall–Kier alpha value is -1.78. The van der Waals surface area contributed by atoms with Crippen molar-refractivity contribution in [1.29, 1.82) is 0 Å². The molecule has 0 spiro atoms. The highest BCUT2D eigenvalue weighted by atomic mass is 16.6. The first-order valence-electron chi connectivity index (χ1n) is 7.27. The summed E-state index contributed by atoms with van der Waals surface area (Å²) in [5.41, 5.74) is 2.89. The quantitative estimate of drug-likeness (QED) is 0.640. The smallest absolute Gasteiger partial charge is 0.456 e. The maximum atomic E-state index is 5.91. The summed E-state index contributed by atoms with van der Waals surface area (Å²) >= 11 is 0. The minimum absolute atomic E-state index is 0.0833. The average molecular weight is 280 g/mol. The molecule has 1 aliphatic rings. The molecule has 2 heterocycles. The third-order valence-electron chi connectivity index (χ3n) is 3.93. The lowest BCUT2D eigenvalue weighted by atomic mass is 9.75. The van der Waals surface area contributed by atoms with Gasteiger partial charge in [-0.1, -0.05) is 44.2 Å². The second-order valence-corrected chi connectivity index (χ2v) is 6.47. The van der Waals surface area contributed by atoms with Gasteiger partial charge in [-0.05, 0) is 17.6 Å². The Bertz CT molecular complexity index is 796. The maximum absolute atomic E-state index is 5.91. The lowest BCUT2D eigenvalue weighted by Crippen LogP contribution is -2.47. The molecule has 1 fully saturated rings. The third-order valence-corrected chi connectivity index (χ3v) is 3.93. The Morgan fingerprint density at radius 2 is 1.62 bits per heavy atom. The van der Waals surface area contributed by atoms with Crippen molar-refractivity contribution in [3.05, 3.63) is 42.5 Å². The molecule has 1 aromatic heterocycles. The molecule has 0 unspecified atom stereocenters. The van der Waals surface area contributed by atoms with Crippen LogP contribution in [0.4, 0.5) is 0 Å². The molecular formula is C17H17BO3. The predicted molar refractivity (Wildman–Crippen MR) is 84.8 cm³/mol. The molecule has 3 aromatic rings. The molecule has 0 amide bonds. The van der Waals surface area contributed by atoms with Crippen molar-refractivity contribution in [1.82, 2.24) is 0 Å². The van der Waals surface area contributed by atoms with E-state index in [1.165, 1.54) is 0 Å². The van der Waals surface area contributed by atoms with Crippen LogP contribution in [0, 0.1) is 5.41 Å². The van der Waals surface area contributed by atoms with Crippen LogP contribution in [-0.2, 0) is 9.31 Å². The zero-order valence-corrected chi connectivity index (χ0v) is 12.3. The standard InChI is InChI=1S/C17H17BO3/c1-17(2)10-19-18(20-11-17)12-7-8-14-13-5-3-4-6-15(13)21-16(14)9-12/h3-9H,10-11H2,1-2H3. The van der Waals surface area contributed by atoms with Gasteiger partial charge in [-0.3, -0.25) is 0 Å². The van der Waals surface area contributed by atoms with Crippen molar-refractivity contribution in [2.24, 2.45) is 5.41 Å². The fourth-order valence-corrected chi connectivity index (χ4v) is 2.77. The number of furan rings is 1. The SMILES string of the molecule is CC1(C)COB(c2ccc3c(c2)oc2ccccc23)OC1. The van der Waals surface area contributed by atoms with Crippen molar-refractivity contribution < 1.29 is 13.7 Å². The Labute approximate surface area is 124 Å². The van der Waals surface area contributed by atoms with Crippen LogP contribution in [0.2, 0.25) is 0 Å². The molecule has 2 aromatic carbocycles. The van der Waals surface area contributed by atoms with Crippen LogP contribution in [0.15, 0.2) is 46.9 Å². The van der Waals surface area contributed by atoms with Crippen LogP contribution in [-0.4, -0.2) is 20.3 Å². The van der Waals surface area contributed by atoms with E-state index >= 15 is 0 Å². The summed E-state index contributed by atoms with van der Waals surface area (Å²) < 4.78 is 17.6. The number of benzene rings is 2. The number of fused-ring (bicyclic) bond motifs is 3. The van der Waals surface area contributed by atoms with E-state index in [-0.39, 0.29) is 12.5 Å². The van der Waals surface area contributed by atoms with E-state index < -0.39 is 0 Å². The summed E-state index contributed by atoms with van der Waals surface area (Å²) in [6, 6.07) is 14.3. The van der Waals surface area contributed by atoms with Gasteiger partial charge in [0.25, 0.3) is 0 Å². The van der Waals surface area contributed by atoms with Gasteiger partial charge in [0, 0.05) is 29.4 Å². The predicted octanol–water partition coefficient (Wildman–Crippen LogP) is 3.35. The zero-order chi connectivity index (χ0) is 14.4. The second kappa shape index (κ2) is 4.62. The maximum Gasteiger partial charge on any atom is 0.494 e. The number of rotatable bonds is 1. The van der Waals surface area contributed by atoms with Gasteiger partial charge in [0.15, 0.2) is 0 Å². The highest BCUT2D eigenvalue weighted by molar-refractivity contribution is 6.61. The zero-order valence-electron chi connectivity index (χ0n) is 12.3. The molecule has 3 nitrogen and oxygen atoms in total. The van der Waals surface area contributed by atoms with Gasteiger partial charge in [0.2, 0.25) is 0 Å². The lowest BCUT2D eigenvalue weighted by molar-refractivity contribution is 0.0343. The van der Waals surface area contributed by atoms with Gasteiger partial charge in [-0.2, -0.15) is 0 Å². The van der Waals surface area contributed by atoms with E-state index in [4.69, 9.17) is 13.7 Å². The van der Waals surface area contributed by atoms with Crippen LogP contribution < -0.4 is 5.46 Å². The van der Waals surface area contributed by atoms with Crippen LogP contribution in [0.25, 0.3) is 21.9 Å². The highest BCUT2D eigenvalue weighted by Gasteiger charge is 2.33. The molecule has 0 N–H and O–H groups in total. The normalized spacial score (nSPS) is 18.5. The van der Waals surface area contributed by atoms with Crippen molar-refractivity contribution in [2.45, 2.75) is 13.8 Å². The van der Waals surface area contributed by atoms with Gasteiger partial charge < -0.3 is 13.7 Å². The molecular weight excluding hydrogens is 263 g/mol. The molecule has 0 saturated carbocycles. The van der Waals surface area contributed by atoms with Gasteiger partial charge in [0.05, 0.1) is 0 Å². The lowest BCUT2D eigenvalue weighted by Gasteiger charge is -2.33. The van der Waals surface area contributed by atoms with Gasteiger partial charge in [-0.15, -0.1) is 0 Å². The first-order chi connectivity index (χ1) is 10.1. The Kier molecular flexibility index (Phi) is 2.84. The molecule has 106 valence electrons. The van der Waals surface area contributed by atoms with Crippen molar-refractivity contribution in [2.75, 3.05) is 13.2 Å². The van der Waals surface area contributed by atoms with Crippen LogP contribution in [0.5, 0.6) is 0 Å². The molecule has 0 bridgehead atoms. The van der Waals surface area contributed by atoms with Crippen molar-refractivity contribution >= 4 is 34.5 Å². The van der Waals surface area contributed by atoms with Crippen LogP contribution >= 0.6 is 0 Å². The van der Waals surface area contributed by atoms with E-state index in [0.717, 1.165) is 27.4 Å². The molecule has 0 aliphatic carbocycles. The fraction of sp³-hybridized carbons (Fsp3) is 0.294. The summed E-state index contributed by atoms with van der Waals surface area (Å²) in [7, 11) is -0.296. The van der Waals surface area contributed by atoms with Gasteiger partial charge >= 0.3 is 7.12 Å². The molecule has 0 atom stereocenters. The molecule has 4 rings (SSSR count). The van der Waals surface area contributed by atoms with Gasteiger partial charge in [-0.25, -0.2) is 0 Å². The van der Waals surface area contributed by atoms with Crippen LogP contribution in [0.3, 0.4) is 0 Å². The fourth-order valence-electron chi connectivity index (χ4n) is 2.77. The first-order valence-corrected chi connectivity index (χ1v) is 7.27. The Morgan fingerprint density at radius 1 is 0.905 bits per heavy atom. The van der Waals surface area contributed by atoms with Crippen molar-refractivity contribution in [3.63, 3.8) is 0 Å². The minimum Gasteiger partial charge on any atom is -0.456 e. The number of hydrogen-bond acceptors (Lipinski definition) is 3. The highest BCUT2D eigenvalue weighted by Crippen LogP contribution is 2.28. The first kappa shape index (κ1) is 12.9. The Balaban J connectivity index is 1.72. The van der Waals surface area contributed by atoms with Crippen molar-refractivity contribution in [3.8, 4) is 0 Å². The number of para-hydroxylation sites is 1. The summed E-state index contributed by atoms with van der Waals surface area (Å²) in [6.45, 7) is 5.70. The van der Waals surface area contributed by atoms with E-state index in [0.29, 0.717) is 13.2 Å². The summed E-state index contributed by atoms with van der Waals surface area (Å²) in [5, 5.41) is 2.27.